The Labute approximate surface area is 210 Å². The first-order valence-electron chi connectivity index (χ1n) is 11.9. The Morgan fingerprint density at radius 2 is 1.88 bits per heavy atom. The quantitative estimate of drug-likeness (QED) is 0.638. The van der Waals surface area contributed by atoms with E-state index in [-0.39, 0.29) is 17.7 Å². The first-order chi connectivity index (χ1) is 16.2. The number of morpholine rings is 1. The molecule has 1 N–H and O–H groups in total. The number of nitrogens with one attached hydrogen (secondary N) is 1. The smallest absolute Gasteiger partial charge is 0.254 e. The number of carbonyl (C=O) groups is 2. The van der Waals surface area contributed by atoms with Gasteiger partial charge in [0.15, 0.2) is 0 Å². The average Bonchev–Trinajstić information content (AvgIpc) is 3.43. The lowest BCUT2D eigenvalue weighted by atomic mass is 9.93. The third kappa shape index (κ3) is 6.19. The van der Waals surface area contributed by atoms with Crippen LogP contribution in [0.25, 0.3) is 0 Å². The van der Waals surface area contributed by atoms with Crippen LogP contribution in [-0.2, 0) is 16.1 Å². The van der Waals surface area contributed by atoms with Gasteiger partial charge < -0.3 is 15.0 Å². The van der Waals surface area contributed by atoms with Crippen LogP contribution in [-0.4, -0.2) is 77.3 Å². The molecule has 0 unspecified atom stereocenters. The van der Waals surface area contributed by atoms with E-state index in [0.717, 1.165) is 40.8 Å². The number of ether oxygens (including phenoxy) is 1. The van der Waals surface area contributed by atoms with Crippen LogP contribution in [0, 0.1) is 5.41 Å². The molecule has 186 valence electrons. The number of carbonyl (C=O) groups excluding carboxylic acids is 2. The van der Waals surface area contributed by atoms with Crippen LogP contribution in [0.15, 0.2) is 18.2 Å². The molecule has 34 heavy (non-hydrogen) atoms. The Morgan fingerprint density at radius 1 is 1.18 bits per heavy atom. The lowest BCUT2D eigenvalue weighted by molar-refractivity contribution is -0.136. The van der Waals surface area contributed by atoms with Crippen molar-refractivity contribution >= 4 is 40.6 Å². The van der Waals surface area contributed by atoms with E-state index in [0.29, 0.717) is 45.2 Å². The molecular weight excluding hydrogens is 474 g/mol. The summed E-state index contributed by atoms with van der Waals surface area (Å²) in [5.74, 6) is 1.12. The van der Waals surface area contributed by atoms with E-state index >= 15 is 0 Å². The van der Waals surface area contributed by atoms with Gasteiger partial charge in [0.05, 0.1) is 36.3 Å². The van der Waals surface area contributed by atoms with Crippen LogP contribution in [0.3, 0.4) is 0 Å². The van der Waals surface area contributed by atoms with Crippen molar-refractivity contribution in [3.63, 3.8) is 0 Å². The number of hydrogen-bond donors (Lipinski definition) is 1. The van der Waals surface area contributed by atoms with Gasteiger partial charge in [-0.15, -0.1) is 11.3 Å². The minimum Gasteiger partial charge on any atom is -0.378 e. The van der Waals surface area contributed by atoms with Crippen molar-refractivity contribution in [3.8, 4) is 0 Å². The Morgan fingerprint density at radius 3 is 2.50 bits per heavy atom. The number of hydrogen-bond acceptors (Lipinski definition) is 7. The Balaban J connectivity index is 1.40. The van der Waals surface area contributed by atoms with Crippen molar-refractivity contribution in [2.45, 2.75) is 46.1 Å². The maximum Gasteiger partial charge on any atom is 0.254 e. The third-order valence-electron chi connectivity index (χ3n) is 6.36. The summed E-state index contributed by atoms with van der Waals surface area (Å²) in [4.78, 5) is 30.9. The fourth-order valence-electron chi connectivity index (χ4n) is 4.31. The molecule has 2 aliphatic heterocycles. The average molecular weight is 508 g/mol. The fourth-order valence-corrected chi connectivity index (χ4v) is 5.34. The molecule has 2 saturated heterocycles. The molecule has 0 saturated carbocycles. The summed E-state index contributed by atoms with van der Waals surface area (Å²) >= 11 is 7.58. The molecule has 0 aromatic carbocycles. The number of rotatable bonds is 6. The topological polar surface area (TPSA) is 79.7 Å². The second-order valence-corrected chi connectivity index (χ2v) is 11.8. The molecular formula is C24H34ClN5O3S. The number of thiophene rings is 1. The number of piperidine rings is 1. The molecule has 0 spiro atoms. The maximum atomic E-state index is 13.1. The molecule has 0 bridgehead atoms. The standard InChI is InChI=1S/C24H34ClN5O3S/c1-24(2,3)23(32)30-21(26-15-18-4-5-20(25)34-18)14-19(27-30)17-6-8-28(9-7-17)16-22(31)29-10-12-33-13-11-29/h4-5,14,17,26H,6-13,15-16H2,1-3H3. The molecule has 4 rings (SSSR count). The summed E-state index contributed by atoms with van der Waals surface area (Å²) < 4.78 is 7.62. The second-order valence-electron chi connectivity index (χ2n) is 10.0. The lowest BCUT2D eigenvalue weighted by Gasteiger charge is -2.33. The van der Waals surface area contributed by atoms with Gasteiger partial charge in [-0.3, -0.25) is 14.5 Å². The number of nitrogens with zero attached hydrogens (tertiary/aromatic N) is 4. The fraction of sp³-hybridized carbons (Fsp3) is 0.625. The van der Waals surface area contributed by atoms with Crippen LogP contribution in [0.5, 0.6) is 0 Å². The predicted molar refractivity (Wildman–Crippen MR) is 135 cm³/mol. The summed E-state index contributed by atoms with van der Waals surface area (Å²) in [5, 5.41) is 8.14. The van der Waals surface area contributed by atoms with E-state index in [1.807, 2.05) is 43.9 Å². The van der Waals surface area contributed by atoms with Crippen LogP contribution < -0.4 is 5.32 Å². The highest BCUT2D eigenvalue weighted by atomic mass is 35.5. The van der Waals surface area contributed by atoms with Gasteiger partial charge in [-0.05, 0) is 38.1 Å². The molecule has 0 radical (unpaired) electrons. The Bertz CT molecular complexity index is 1000. The highest BCUT2D eigenvalue weighted by Crippen LogP contribution is 2.31. The predicted octanol–water partition coefficient (Wildman–Crippen LogP) is 3.93. The summed E-state index contributed by atoms with van der Waals surface area (Å²) in [7, 11) is 0. The second kappa shape index (κ2) is 10.8. The normalized spacial score (nSPS) is 18.3. The van der Waals surface area contributed by atoms with Gasteiger partial charge in [0, 0.05) is 35.4 Å². The van der Waals surface area contributed by atoms with Gasteiger partial charge in [-0.2, -0.15) is 9.78 Å². The van der Waals surface area contributed by atoms with Gasteiger partial charge in [0.2, 0.25) is 5.91 Å². The summed E-state index contributed by atoms with van der Waals surface area (Å²) in [6.45, 7) is 11.1. The Hall–Kier alpha value is -1.94. The number of amides is 1. The van der Waals surface area contributed by atoms with Gasteiger partial charge in [-0.25, -0.2) is 0 Å². The van der Waals surface area contributed by atoms with Gasteiger partial charge in [-0.1, -0.05) is 32.4 Å². The lowest BCUT2D eigenvalue weighted by Crippen LogP contribution is -2.47. The third-order valence-corrected chi connectivity index (χ3v) is 7.59. The molecule has 4 heterocycles. The maximum absolute atomic E-state index is 13.1. The molecule has 1 amide bonds. The molecule has 2 fully saturated rings. The van der Waals surface area contributed by atoms with Crippen molar-refractivity contribution in [2.75, 3.05) is 51.3 Å². The van der Waals surface area contributed by atoms with Crippen molar-refractivity contribution < 1.29 is 14.3 Å². The first kappa shape index (κ1) is 25.2. The first-order valence-corrected chi connectivity index (χ1v) is 13.1. The molecule has 2 aliphatic rings. The molecule has 8 nitrogen and oxygen atoms in total. The number of likely N-dealkylation sites (tertiary alicyclic amines) is 1. The van der Waals surface area contributed by atoms with Gasteiger partial charge >= 0.3 is 0 Å². The number of anilines is 1. The van der Waals surface area contributed by atoms with Gasteiger partial charge in [0.1, 0.15) is 5.82 Å². The monoisotopic (exact) mass is 507 g/mol. The zero-order chi connectivity index (χ0) is 24.3. The van der Waals surface area contributed by atoms with E-state index in [9.17, 15) is 9.59 Å². The zero-order valence-electron chi connectivity index (χ0n) is 20.2. The van der Waals surface area contributed by atoms with Crippen molar-refractivity contribution in [2.24, 2.45) is 5.41 Å². The highest BCUT2D eigenvalue weighted by Gasteiger charge is 2.30. The van der Waals surface area contributed by atoms with Crippen molar-refractivity contribution in [1.29, 1.82) is 0 Å². The van der Waals surface area contributed by atoms with Crippen LogP contribution >= 0.6 is 22.9 Å². The summed E-state index contributed by atoms with van der Waals surface area (Å²) in [6.07, 6.45) is 1.83. The van der Waals surface area contributed by atoms with E-state index in [4.69, 9.17) is 21.4 Å². The minimum absolute atomic E-state index is 0.0426. The molecule has 10 heteroatoms. The molecule has 2 aromatic rings. The zero-order valence-corrected chi connectivity index (χ0v) is 21.8. The largest absolute Gasteiger partial charge is 0.378 e. The van der Waals surface area contributed by atoms with E-state index in [1.165, 1.54) is 16.0 Å². The SMILES string of the molecule is CC(C)(C)C(=O)n1nc(C2CCN(CC(=O)N3CCOCC3)CC2)cc1NCc1ccc(Cl)s1. The molecule has 0 atom stereocenters. The number of halogens is 1. The van der Waals surface area contributed by atoms with E-state index in [1.54, 1.807) is 0 Å². The van der Waals surface area contributed by atoms with Crippen LogP contribution in [0.2, 0.25) is 4.34 Å². The molecule has 2 aromatic heterocycles. The minimum atomic E-state index is -0.546. The van der Waals surface area contributed by atoms with Gasteiger partial charge in [0.25, 0.3) is 5.91 Å². The van der Waals surface area contributed by atoms with E-state index in [2.05, 4.69) is 10.2 Å². The van der Waals surface area contributed by atoms with E-state index < -0.39 is 5.41 Å². The highest BCUT2D eigenvalue weighted by molar-refractivity contribution is 7.16. The Kier molecular flexibility index (Phi) is 7.97. The van der Waals surface area contributed by atoms with Crippen molar-refractivity contribution in [3.05, 3.63) is 33.1 Å². The van der Waals surface area contributed by atoms with Crippen LogP contribution in [0.1, 0.15) is 54.9 Å². The van der Waals surface area contributed by atoms with Crippen molar-refractivity contribution in [1.82, 2.24) is 19.6 Å². The summed E-state index contributed by atoms with van der Waals surface area (Å²) in [6, 6.07) is 5.88. The van der Waals surface area contributed by atoms with Crippen LogP contribution in [0.4, 0.5) is 5.82 Å². The number of aromatic nitrogens is 2. The molecule has 0 aliphatic carbocycles. The summed E-state index contributed by atoms with van der Waals surface area (Å²) in [5.41, 5.74) is 0.387.